The number of halogens is 1. The van der Waals surface area contributed by atoms with E-state index < -0.39 is 0 Å². The Balaban J connectivity index is 2.55. The summed E-state index contributed by atoms with van der Waals surface area (Å²) >= 11 is 3.44. The Kier molecular flexibility index (Phi) is 3.37. The van der Waals surface area contributed by atoms with Crippen molar-refractivity contribution in [3.05, 3.63) is 28.7 Å². The van der Waals surface area contributed by atoms with E-state index in [1.807, 2.05) is 12.1 Å². The van der Waals surface area contributed by atoms with Crippen LogP contribution in [0.3, 0.4) is 0 Å². The van der Waals surface area contributed by atoms with Gasteiger partial charge >= 0.3 is 0 Å². The highest BCUT2D eigenvalue weighted by atomic mass is 79.9. The summed E-state index contributed by atoms with van der Waals surface area (Å²) < 4.78 is 1.12. The third-order valence-electron chi connectivity index (χ3n) is 1.65. The van der Waals surface area contributed by atoms with Crippen LogP contribution in [0.1, 0.15) is 20.8 Å². The molecule has 0 aliphatic carbocycles. The average Bonchev–Trinajstić information content (AvgIpc) is 2.00. The fraction of sp³-hybridized carbons (Fsp3) is 0.455. The molecule has 0 atom stereocenters. The normalized spacial score (nSPS) is 11.4. The predicted molar refractivity (Wildman–Crippen MR) is 62.1 cm³/mol. The van der Waals surface area contributed by atoms with Crippen molar-refractivity contribution in [2.75, 3.05) is 11.9 Å². The molecule has 1 rings (SSSR count). The van der Waals surface area contributed by atoms with Crippen LogP contribution in [0.2, 0.25) is 0 Å². The fourth-order valence-corrected chi connectivity index (χ4v) is 1.36. The molecule has 0 saturated heterocycles. The Morgan fingerprint density at radius 2 is 2.00 bits per heavy atom. The summed E-state index contributed by atoms with van der Waals surface area (Å²) in [4.78, 5) is 0. The number of hydrogen-bond donors (Lipinski definition) is 1. The summed E-state index contributed by atoms with van der Waals surface area (Å²) in [7, 11) is 0. The van der Waals surface area contributed by atoms with Crippen molar-refractivity contribution in [1.82, 2.24) is 0 Å². The quantitative estimate of drug-likeness (QED) is 0.829. The highest BCUT2D eigenvalue weighted by Crippen LogP contribution is 2.18. The molecule has 1 N–H and O–H groups in total. The van der Waals surface area contributed by atoms with Crippen LogP contribution >= 0.6 is 15.9 Å². The summed E-state index contributed by atoms with van der Waals surface area (Å²) in [5.41, 5.74) is 1.49. The Hall–Kier alpha value is -0.500. The molecule has 72 valence electrons. The topological polar surface area (TPSA) is 12.0 Å². The summed E-state index contributed by atoms with van der Waals surface area (Å²) in [6, 6.07) is 8.24. The minimum Gasteiger partial charge on any atom is -0.384 e. The smallest absolute Gasteiger partial charge is 0.0351 e. The predicted octanol–water partition coefficient (Wildman–Crippen LogP) is 3.91. The van der Waals surface area contributed by atoms with Crippen molar-refractivity contribution in [1.29, 1.82) is 0 Å². The van der Waals surface area contributed by atoms with E-state index in [9.17, 15) is 0 Å². The second-order valence-corrected chi connectivity index (χ2v) is 5.34. The maximum absolute atomic E-state index is 3.44. The number of hydrogen-bond acceptors (Lipinski definition) is 1. The monoisotopic (exact) mass is 241 g/mol. The SMILES string of the molecule is CC(C)(C)CNc1cccc(Br)c1. The van der Waals surface area contributed by atoms with E-state index in [1.165, 1.54) is 5.69 Å². The Bertz CT molecular complexity index is 276. The first-order valence-corrected chi connectivity index (χ1v) is 5.26. The Morgan fingerprint density at radius 3 is 2.54 bits per heavy atom. The number of rotatable bonds is 2. The first kappa shape index (κ1) is 10.6. The molecule has 0 bridgehead atoms. The van der Waals surface area contributed by atoms with Gasteiger partial charge in [0.2, 0.25) is 0 Å². The van der Waals surface area contributed by atoms with Crippen LogP contribution in [0.4, 0.5) is 5.69 Å². The van der Waals surface area contributed by atoms with E-state index in [0.29, 0.717) is 5.41 Å². The minimum atomic E-state index is 0.322. The molecule has 0 radical (unpaired) electrons. The molecule has 13 heavy (non-hydrogen) atoms. The molecular formula is C11H16BrN. The van der Waals surface area contributed by atoms with Crippen molar-refractivity contribution >= 4 is 21.6 Å². The van der Waals surface area contributed by atoms with Gasteiger partial charge in [-0.05, 0) is 23.6 Å². The van der Waals surface area contributed by atoms with E-state index in [4.69, 9.17) is 0 Å². The van der Waals surface area contributed by atoms with Gasteiger partial charge in [0.1, 0.15) is 0 Å². The molecule has 0 aliphatic heterocycles. The minimum absolute atomic E-state index is 0.322. The van der Waals surface area contributed by atoms with Crippen molar-refractivity contribution in [3.8, 4) is 0 Å². The van der Waals surface area contributed by atoms with Crippen LogP contribution in [0, 0.1) is 5.41 Å². The van der Waals surface area contributed by atoms with Gasteiger partial charge in [0.25, 0.3) is 0 Å². The number of nitrogens with one attached hydrogen (secondary N) is 1. The van der Waals surface area contributed by atoms with Crippen molar-refractivity contribution in [3.63, 3.8) is 0 Å². The van der Waals surface area contributed by atoms with E-state index in [2.05, 4.69) is 54.2 Å². The molecule has 0 unspecified atom stereocenters. The molecule has 2 heteroatoms. The first-order chi connectivity index (χ1) is 5.97. The molecule has 0 aliphatic rings. The number of anilines is 1. The van der Waals surface area contributed by atoms with E-state index in [1.54, 1.807) is 0 Å². The highest BCUT2D eigenvalue weighted by molar-refractivity contribution is 9.10. The summed E-state index contributed by atoms with van der Waals surface area (Å²) in [5.74, 6) is 0. The highest BCUT2D eigenvalue weighted by Gasteiger charge is 2.08. The van der Waals surface area contributed by atoms with E-state index in [0.717, 1.165) is 11.0 Å². The zero-order valence-corrected chi connectivity index (χ0v) is 9.98. The van der Waals surface area contributed by atoms with Crippen LogP contribution < -0.4 is 5.32 Å². The molecule has 0 saturated carbocycles. The van der Waals surface area contributed by atoms with E-state index in [-0.39, 0.29) is 0 Å². The van der Waals surface area contributed by atoms with Gasteiger partial charge in [0, 0.05) is 16.7 Å². The van der Waals surface area contributed by atoms with Crippen LogP contribution in [-0.2, 0) is 0 Å². The van der Waals surface area contributed by atoms with Gasteiger partial charge in [0.15, 0.2) is 0 Å². The van der Waals surface area contributed by atoms with Gasteiger partial charge in [-0.1, -0.05) is 42.8 Å². The lowest BCUT2D eigenvalue weighted by atomic mass is 9.97. The third kappa shape index (κ3) is 4.32. The zero-order valence-electron chi connectivity index (χ0n) is 8.39. The largest absolute Gasteiger partial charge is 0.384 e. The lowest BCUT2D eigenvalue weighted by Gasteiger charge is -2.19. The third-order valence-corrected chi connectivity index (χ3v) is 2.14. The first-order valence-electron chi connectivity index (χ1n) is 4.47. The van der Waals surface area contributed by atoms with Crippen LogP contribution in [0.25, 0.3) is 0 Å². The maximum atomic E-state index is 3.44. The summed E-state index contributed by atoms with van der Waals surface area (Å²) in [6.45, 7) is 7.65. The molecule has 1 aromatic rings. The maximum Gasteiger partial charge on any atom is 0.0351 e. The molecule has 0 heterocycles. The van der Waals surface area contributed by atoms with Crippen LogP contribution in [0.5, 0.6) is 0 Å². The van der Waals surface area contributed by atoms with Gasteiger partial charge in [-0.2, -0.15) is 0 Å². The van der Waals surface area contributed by atoms with Crippen LogP contribution in [0.15, 0.2) is 28.7 Å². The second kappa shape index (κ2) is 4.14. The number of benzene rings is 1. The van der Waals surface area contributed by atoms with Gasteiger partial charge in [-0.3, -0.25) is 0 Å². The zero-order chi connectivity index (χ0) is 9.90. The molecular weight excluding hydrogens is 226 g/mol. The average molecular weight is 242 g/mol. The Labute approximate surface area is 88.7 Å². The molecule has 0 spiro atoms. The standard InChI is InChI=1S/C11H16BrN/c1-11(2,3)8-13-10-6-4-5-9(12)7-10/h4-7,13H,8H2,1-3H3. The Morgan fingerprint density at radius 1 is 1.31 bits per heavy atom. The van der Waals surface area contributed by atoms with Crippen molar-refractivity contribution in [2.24, 2.45) is 5.41 Å². The molecule has 0 fully saturated rings. The summed E-state index contributed by atoms with van der Waals surface area (Å²) in [5, 5.41) is 3.40. The van der Waals surface area contributed by atoms with Gasteiger partial charge in [-0.25, -0.2) is 0 Å². The van der Waals surface area contributed by atoms with Crippen molar-refractivity contribution in [2.45, 2.75) is 20.8 Å². The summed E-state index contributed by atoms with van der Waals surface area (Å²) in [6.07, 6.45) is 0. The fourth-order valence-electron chi connectivity index (χ4n) is 0.966. The molecule has 0 aromatic heterocycles. The molecule has 1 nitrogen and oxygen atoms in total. The van der Waals surface area contributed by atoms with Crippen molar-refractivity contribution < 1.29 is 0 Å². The lowest BCUT2D eigenvalue weighted by Crippen LogP contribution is -2.18. The van der Waals surface area contributed by atoms with Gasteiger partial charge < -0.3 is 5.32 Å². The second-order valence-electron chi connectivity index (χ2n) is 4.42. The van der Waals surface area contributed by atoms with Gasteiger partial charge in [0.05, 0.1) is 0 Å². The molecule has 0 amide bonds. The van der Waals surface area contributed by atoms with Crippen LogP contribution in [-0.4, -0.2) is 6.54 Å². The van der Waals surface area contributed by atoms with Gasteiger partial charge in [-0.15, -0.1) is 0 Å². The molecule has 1 aromatic carbocycles. The van der Waals surface area contributed by atoms with E-state index >= 15 is 0 Å². The lowest BCUT2D eigenvalue weighted by molar-refractivity contribution is 0.443.